The maximum atomic E-state index is 9.79. The lowest BCUT2D eigenvalue weighted by molar-refractivity contribution is 0.0394. The molecule has 0 aromatic rings. The lowest BCUT2D eigenvalue weighted by Crippen LogP contribution is -2.51. The Bertz CT molecular complexity index is 201. The molecule has 1 fully saturated rings. The molecule has 2 atom stereocenters. The summed E-state index contributed by atoms with van der Waals surface area (Å²) in [6, 6.07) is 1.18. The highest BCUT2D eigenvalue weighted by atomic mass is 16.3. The van der Waals surface area contributed by atoms with Crippen molar-refractivity contribution >= 4 is 0 Å². The number of nitrogens with zero attached hydrogens (tertiary/aromatic N) is 1. The molecule has 0 saturated carbocycles. The minimum absolute atomic E-state index is 0.537. The molecule has 1 saturated heterocycles. The Kier molecular flexibility index (Phi) is 5.22. The molecule has 2 unspecified atom stereocenters. The van der Waals surface area contributed by atoms with Gasteiger partial charge in [0.25, 0.3) is 0 Å². The molecule has 3 heteroatoms. The largest absolute Gasteiger partial charge is 0.390 e. The summed E-state index contributed by atoms with van der Waals surface area (Å²) in [6.45, 7) is 8.25. The molecule has 1 aliphatic rings. The average molecular weight is 228 g/mol. The molecule has 0 aliphatic carbocycles. The van der Waals surface area contributed by atoms with Gasteiger partial charge in [0.2, 0.25) is 0 Å². The number of hydrogen-bond acceptors (Lipinski definition) is 3. The highest BCUT2D eigenvalue weighted by Gasteiger charge is 2.27. The summed E-state index contributed by atoms with van der Waals surface area (Å²) in [5, 5.41) is 13.1. The number of likely N-dealkylation sites (tertiary alicyclic amines) is 1. The Hall–Kier alpha value is -0.120. The maximum Gasteiger partial charge on any atom is 0.0603 e. The van der Waals surface area contributed by atoms with Gasteiger partial charge in [0, 0.05) is 18.6 Å². The van der Waals surface area contributed by atoms with E-state index in [2.05, 4.69) is 17.1 Å². The highest BCUT2D eigenvalue weighted by Crippen LogP contribution is 2.21. The average Bonchev–Trinajstić information content (AvgIpc) is 2.25. The molecule has 1 aliphatic heterocycles. The summed E-state index contributed by atoms with van der Waals surface area (Å²) >= 11 is 0. The maximum absolute atomic E-state index is 9.79. The lowest BCUT2D eigenvalue weighted by atomic mass is 9.95. The van der Waals surface area contributed by atoms with Gasteiger partial charge >= 0.3 is 0 Å². The van der Waals surface area contributed by atoms with Crippen LogP contribution in [0.15, 0.2) is 0 Å². The normalized spacial score (nSPS) is 25.7. The van der Waals surface area contributed by atoms with E-state index in [0.717, 1.165) is 13.0 Å². The molecular formula is C13H28N2O. The second-order valence-electron chi connectivity index (χ2n) is 5.74. The van der Waals surface area contributed by atoms with E-state index in [1.807, 2.05) is 20.9 Å². The van der Waals surface area contributed by atoms with Crippen molar-refractivity contribution in [3.05, 3.63) is 0 Å². The monoisotopic (exact) mass is 228 g/mol. The molecule has 0 amide bonds. The van der Waals surface area contributed by atoms with Gasteiger partial charge in [0.15, 0.2) is 0 Å². The molecule has 0 radical (unpaired) electrons. The third kappa shape index (κ3) is 4.40. The first kappa shape index (κ1) is 13.9. The van der Waals surface area contributed by atoms with Crippen LogP contribution in [-0.4, -0.2) is 47.8 Å². The molecule has 3 nitrogen and oxygen atoms in total. The van der Waals surface area contributed by atoms with E-state index < -0.39 is 5.60 Å². The van der Waals surface area contributed by atoms with Gasteiger partial charge in [-0.1, -0.05) is 6.42 Å². The van der Waals surface area contributed by atoms with E-state index in [0.29, 0.717) is 12.1 Å². The van der Waals surface area contributed by atoms with E-state index in [1.165, 1.54) is 25.8 Å². The van der Waals surface area contributed by atoms with Gasteiger partial charge in [-0.15, -0.1) is 0 Å². The van der Waals surface area contributed by atoms with Crippen molar-refractivity contribution < 1.29 is 5.11 Å². The molecule has 16 heavy (non-hydrogen) atoms. The number of hydrogen-bond donors (Lipinski definition) is 2. The molecule has 0 bridgehead atoms. The van der Waals surface area contributed by atoms with Crippen LogP contribution in [0.25, 0.3) is 0 Å². The zero-order valence-corrected chi connectivity index (χ0v) is 11.3. The Balaban J connectivity index is 2.47. The van der Waals surface area contributed by atoms with Crippen LogP contribution in [0.3, 0.4) is 0 Å². The fourth-order valence-corrected chi connectivity index (χ4v) is 2.47. The first-order chi connectivity index (χ1) is 7.44. The van der Waals surface area contributed by atoms with Crippen LogP contribution in [-0.2, 0) is 0 Å². The Morgan fingerprint density at radius 3 is 2.69 bits per heavy atom. The first-order valence-corrected chi connectivity index (χ1v) is 6.58. The van der Waals surface area contributed by atoms with E-state index in [4.69, 9.17) is 0 Å². The summed E-state index contributed by atoms with van der Waals surface area (Å²) in [4.78, 5) is 2.54. The standard InChI is InChI=1S/C13H28N2O/c1-11(14-4)12-7-5-6-9-15(12)10-8-13(2,3)16/h11-12,14,16H,5-10H2,1-4H3. The molecular weight excluding hydrogens is 200 g/mol. The van der Waals surface area contributed by atoms with Crippen LogP contribution >= 0.6 is 0 Å². The van der Waals surface area contributed by atoms with Crippen molar-refractivity contribution in [3.8, 4) is 0 Å². The van der Waals surface area contributed by atoms with E-state index in [1.54, 1.807) is 0 Å². The van der Waals surface area contributed by atoms with Gasteiger partial charge in [0.05, 0.1) is 5.60 Å². The number of likely N-dealkylation sites (N-methyl/N-ethyl adjacent to an activating group) is 1. The van der Waals surface area contributed by atoms with Crippen molar-refractivity contribution in [1.82, 2.24) is 10.2 Å². The zero-order chi connectivity index (χ0) is 12.2. The SMILES string of the molecule is CNC(C)C1CCCCN1CCC(C)(C)O. The number of nitrogens with one attached hydrogen (secondary N) is 1. The Labute approximate surface area is 100 Å². The Morgan fingerprint density at radius 1 is 1.44 bits per heavy atom. The second kappa shape index (κ2) is 5.99. The van der Waals surface area contributed by atoms with Crippen LogP contribution in [0.2, 0.25) is 0 Å². The fraction of sp³-hybridized carbons (Fsp3) is 1.00. The van der Waals surface area contributed by atoms with Gasteiger partial charge in [-0.2, -0.15) is 0 Å². The van der Waals surface area contributed by atoms with Crippen LogP contribution in [0.5, 0.6) is 0 Å². The van der Waals surface area contributed by atoms with Crippen molar-refractivity contribution in [1.29, 1.82) is 0 Å². The molecule has 1 rings (SSSR count). The Morgan fingerprint density at radius 2 is 2.12 bits per heavy atom. The summed E-state index contributed by atoms with van der Waals surface area (Å²) < 4.78 is 0. The summed E-state index contributed by atoms with van der Waals surface area (Å²) in [7, 11) is 2.04. The van der Waals surface area contributed by atoms with E-state index >= 15 is 0 Å². The number of aliphatic hydroxyl groups is 1. The summed E-state index contributed by atoms with van der Waals surface area (Å²) in [6.07, 6.45) is 4.79. The molecule has 0 aromatic carbocycles. The molecule has 96 valence electrons. The molecule has 0 spiro atoms. The van der Waals surface area contributed by atoms with Gasteiger partial charge in [-0.3, -0.25) is 4.90 Å². The quantitative estimate of drug-likeness (QED) is 0.750. The third-order valence-electron chi connectivity index (χ3n) is 3.71. The molecule has 1 heterocycles. The lowest BCUT2D eigenvalue weighted by Gasteiger charge is -2.40. The number of rotatable bonds is 5. The number of piperidine rings is 1. The zero-order valence-electron chi connectivity index (χ0n) is 11.3. The predicted octanol–water partition coefficient (Wildman–Crippen LogP) is 1.61. The summed E-state index contributed by atoms with van der Waals surface area (Å²) in [5.74, 6) is 0. The van der Waals surface area contributed by atoms with Crippen molar-refractivity contribution in [2.24, 2.45) is 0 Å². The topological polar surface area (TPSA) is 35.5 Å². The van der Waals surface area contributed by atoms with Crippen molar-refractivity contribution in [2.45, 2.75) is 64.1 Å². The first-order valence-electron chi connectivity index (χ1n) is 6.58. The van der Waals surface area contributed by atoms with Crippen molar-refractivity contribution in [2.75, 3.05) is 20.1 Å². The van der Waals surface area contributed by atoms with Gasteiger partial charge in [0.1, 0.15) is 0 Å². The minimum Gasteiger partial charge on any atom is -0.390 e. The van der Waals surface area contributed by atoms with Crippen LogP contribution in [0.4, 0.5) is 0 Å². The summed E-state index contributed by atoms with van der Waals surface area (Å²) in [5.41, 5.74) is -0.537. The highest BCUT2D eigenvalue weighted by molar-refractivity contribution is 4.85. The predicted molar refractivity (Wildman–Crippen MR) is 68.6 cm³/mol. The van der Waals surface area contributed by atoms with Crippen LogP contribution in [0, 0.1) is 0 Å². The smallest absolute Gasteiger partial charge is 0.0603 e. The van der Waals surface area contributed by atoms with Gasteiger partial charge < -0.3 is 10.4 Å². The second-order valence-corrected chi connectivity index (χ2v) is 5.74. The molecule has 2 N–H and O–H groups in total. The van der Waals surface area contributed by atoms with Crippen LogP contribution in [0.1, 0.15) is 46.5 Å². The van der Waals surface area contributed by atoms with E-state index in [9.17, 15) is 5.11 Å². The van der Waals surface area contributed by atoms with Gasteiger partial charge in [-0.25, -0.2) is 0 Å². The van der Waals surface area contributed by atoms with Crippen molar-refractivity contribution in [3.63, 3.8) is 0 Å². The van der Waals surface area contributed by atoms with Crippen LogP contribution < -0.4 is 5.32 Å². The van der Waals surface area contributed by atoms with Gasteiger partial charge in [-0.05, 0) is 53.6 Å². The molecule has 0 aromatic heterocycles. The third-order valence-corrected chi connectivity index (χ3v) is 3.71. The fourth-order valence-electron chi connectivity index (χ4n) is 2.47. The minimum atomic E-state index is -0.537. The van der Waals surface area contributed by atoms with E-state index in [-0.39, 0.29) is 0 Å².